The third-order valence-corrected chi connectivity index (χ3v) is 5.37. The molecule has 3 aromatic rings. The molecule has 27 heavy (non-hydrogen) atoms. The predicted octanol–water partition coefficient (Wildman–Crippen LogP) is 6.07. The van der Waals surface area contributed by atoms with Crippen molar-refractivity contribution >= 4 is 21.7 Å². The van der Waals surface area contributed by atoms with Crippen molar-refractivity contribution in [2.45, 2.75) is 25.4 Å². The van der Waals surface area contributed by atoms with Crippen molar-refractivity contribution in [2.75, 3.05) is 11.9 Å². The first-order chi connectivity index (χ1) is 13.0. The fourth-order valence-corrected chi connectivity index (χ4v) is 3.91. The first-order valence-corrected chi connectivity index (χ1v) is 9.53. The zero-order chi connectivity index (χ0) is 19.0. The lowest BCUT2D eigenvalue weighted by Crippen LogP contribution is -2.08. The Morgan fingerprint density at radius 3 is 2.52 bits per heavy atom. The van der Waals surface area contributed by atoms with E-state index in [9.17, 15) is 13.2 Å². The quantitative estimate of drug-likeness (QED) is 0.529. The number of anilines is 1. The van der Waals surface area contributed by atoms with Gasteiger partial charge in [0.2, 0.25) is 0 Å². The van der Waals surface area contributed by atoms with Crippen molar-refractivity contribution < 1.29 is 13.2 Å². The molecule has 0 amide bonds. The average Bonchev–Trinajstić information content (AvgIpc) is 2.83. The number of hydrogen-bond acceptors (Lipinski definition) is 2. The van der Waals surface area contributed by atoms with Gasteiger partial charge < -0.3 is 5.32 Å². The maximum atomic E-state index is 13.6. The van der Waals surface area contributed by atoms with Crippen LogP contribution < -0.4 is 5.32 Å². The van der Waals surface area contributed by atoms with Crippen LogP contribution in [0.2, 0.25) is 0 Å². The van der Waals surface area contributed by atoms with Crippen LogP contribution in [0, 0.1) is 0 Å². The lowest BCUT2D eigenvalue weighted by atomic mass is 9.99. The Bertz CT molecular complexity index is 979. The van der Waals surface area contributed by atoms with Crippen LogP contribution in [0.4, 0.5) is 19.0 Å². The summed E-state index contributed by atoms with van der Waals surface area (Å²) in [4.78, 5) is 0. The number of hydrogen-bond donors (Lipinski definition) is 1. The van der Waals surface area contributed by atoms with Crippen LogP contribution in [0.3, 0.4) is 0 Å². The van der Waals surface area contributed by atoms with Gasteiger partial charge in [-0.1, -0.05) is 30.3 Å². The van der Waals surface area contributed by atoms with Crippen molar-refractivity contribution in [3.8, 4) is 16.9 Å². The maximum absolute atomic E-state index is 13.6. The summed E-state index contributed by atoms with van der Waals surface area (Å²) in [5.74, 6) is 0.770. The summed E-state index contributed by atoms with van der Waals surface area (Å²) in [6.45, 7) is 0.767. The van der Waals surface area contributed by atoms with Gasteiger partial charge in [-0.05, 0) is 53.4 Å². The number of benzene rings is 2. The molecule has 140 valence electrons. The van der Waals surface area contributed by atoms with Crippen LogP contribution in [0.25, 0.3) is 16.9 Å². The van der Waals surface area contributed by atoms with E-state index in [1.807, 2.05) is 24.3 Å². The van der Waals surface area contributed by atoms with Crippen LogP contribution in [-0.4, -0.2) is 16.3 Å². The lowest BCUT2D eigenvalue weighted by molar-refractivity contribution is -0.137. The first-order valence-electron chi connectivity index (χ1n) is 8.74. The summed E-state index contributed by atoms with van der Waals surface area (Å²) in [6.07, 6.45) is -1.87. The molecule has 0 saturated heterocycles. The van der Waals surface area contributed by atoms with E-state index in [1.54, 1.807) is 10.7 Å². The van der Waals surface area contributed by atoms with Crippen LogP contribution in [0.5, 0.6) is 0 Å². The maximum Gasteiger partial charge on any atom is 0.417 e. The predicted molar refractivity (Wildman–Crippen MR) is 103 cm³/mol. The van der Waals surface area contributed by atoms with Crippen LogP contribution in [0.15, 0.2) is 53.0 Å². The van der Waals surface area contributed by atoms with E-state index in [-0.39, 0.29) is 5.56 Å². The summed E-state index contributed by atoms with van der Waals surface area (Å²) in [5, 5.41) is 8.00. The van der Waals surface area contributed by atoms with Gasteiger partial charge in [0.25, 0.3) is 0 Å². The highest BCUT2D eigenvalue weighted by molar-refractivity contribution is 9.10. The van der Waals surface area contributed by atoms with Crippen LogP contribution >= 0.6 is 15.9 Å². The highest BCUT2D eigenvalue weighted by atomic mass is 79.9. The van der Waals surface area contributed by atoms with E-state index in [1.165, 1.54) is 12.1 Å². The third kappa shape index (κ3) is 3.36. The van der Waals surface area contributed by atoms with E-state index < -0.39 is 11.7 Å². The zero-order valence-corrected chi connectivity index (χ0v) is 15.9. The molecule has 0 fully saturated rings. The summed E-state index contributed by atoms with van der Waals surface area (Å²) in [6, 6.07) is 13.2. The van der Waals surface area contributed by atoms with E-state index in [0.717, 1.165) is 47.0 Å². The third-order valence-electron chi connectivity index (χ3n) is 4.70. The van der Waals surface area contributed by atoms with Gasteiger partial charge in [0.1, 0.15) is 5.82 Å². The second-order valence-electron chi connectivity index (χ2n) is 6.47. The van der Waals surface area contributed by atoms with Gasteiger partial charge in [0, 0.05) is 22.1 Å². The summed E-state index contributed by atoms with van der Waals surface area (Å²) in [5.41, 5.74) is 1.48. The van der Waals surface area contributed by atoms with Gasteiger partial charge in [-0.25, -0.2) is 4.68 Å². The number of nitrogens with zero attached hydrogens (tertiary/aromatic N) is 2. The molecule has 0 radical (unpaired) electrons. The van der Waals surface area contributed by atoms with Crippen molar-refractivity contribution in [3.63, 3.8) is 0 Å². The van der Waals surface area contributed by atoms with E-state index in [2.05, 4.69) is 26.3 Å². The SMILES string of the molecule is FC(F)(F)c1ccccc1-c1nn(-c2ccccc2Br)c2c1CCCCN2. The molecular weight excluding hydrogens is 419 g/mol. The number of alkyl halides is 3. The molecule has 0 aliphatic carbocycles. The van der Waals surface area contributed by atoms with E-state index in [0.29, 0.717) is 12.1 Å². The smallest absolute Gasteiger partial charge is 0.370 e. The summed E-state index contributed by atoms with van der Waals surface area (Å²) < 4.78 is 43.3. The number of para-hydroxylation sites is 1. The number of nitrogens with one attached hydrogen (secondary N) is 1. The molecule has 1 N–H and O–H groups in total. The van der Waals surface area contributed by atoms with Gasteiger partial charge in [-0.3, -0.25) is 0 Å². The van der Waals surface area contributed by atoms with Gasteiger partial charge >= 0.3 is 6.18 Å². The lowest BCUT2D eigenvalue weighted by Gasteiger charge is -2.12. The standard InChI is InChI=1S/C20H17BrF3N3/c21-16-10-3-4-11-17(16)27-19-14(8-5-6-12-25-19)18(26-27)13-7-1-2-9-15(13)20(22,23)24/h1-4,7,9-11,25H,5-6,8,12H2. The molecule has 2 aromatic carbocycles. The number of aromatic nitrogens is 2. The Hall–Kier alpha value is -2.28. The molecular formula is C20H17BrF3N3. The molecule has 0 spiro atoms. The number of halogens is 4. The highest BCUT2D eigenvalue weighted by Gasteiger charge is 2.35. The minimum Gasteiger partial charge on any atom is -0.370 e. The zero-order valence-electron chi connectivity index (χ0n) is 14.4. The van der Waals surface area contributed by atoms with E-state index in [4.69, 9.17) is 0 Å². The minimum absolute atomic E-state index is 0.121. The molecule has 1 aromatic heterocycles. The first kappa shape index (κ1) is 18.1. The molecule has 1 aliphatic rings. The monoisotopic (exact) mass is 435 g/mol. The van der Waals surface area contributed by atoms with Gasteiger partial charge in [-0.2, -0.15) is 18.3 Å². The number of rotatable bonds is 2. The molecule has 0 saturated carbocycles. The Balaban J connectivity index is 1.98. The highest BCUT2D eigenvalue weighted by Crippen LogP contribution is 2.41. The summed E-state index contributed by atoms with van der Waals surface area (Å²) in [7, 11) is 0. The molecule has 0 unspecified atom stereocenters. The molecule has 2 heterocycles. The van der Waals surface area contributed by atoms with Gasteiger partial charge in [-0.15, -0.1) is 0 Å². The second-order valence-corrected chi connectivity index (χ2v) is 7.32. The molecule has 4 rings (SSSR count). The molecule has 7 heteroatoms. The van der Waals surface area contributed by atoms with Crippen molar-refractivity contribution in [1.29, 1.82) is 0 Å². The van der Waals surface area contributed by atoms with Crippen molar-refractivity contribution in [3.05, 3.63) is 64.1 Å². The van der Waals surface area contributed by atoms with Crippen LogP contribution in [0.1, 0.15) is 24.0 Å². The molecule has 0 atom stereocenters. The Morgan fingerprint density at radius 2 is 1.74 bits per heavy atom. The largest absolute Gasteiger partial charge is 0.417 e. The van der Waals surface area contributed by atoms with Gasteiger partial charge in [0.15, 0.2) is 0 Å². The van der Waals surface area contributed by atoms with Crippen molar-refractivity contribution in [2.24, 2.45) is 0 Å². The Kier molecular flexibility index (Phi) is 4.72. The van der Waals surface area contributed by atoms with Crippen molar-refractivity contribution in [1.82, 2.24) is 9.78 Å². The molecule has 0 bridgehead atoms. The average molecular weight is 436 g/mol. The fraction of sp³-hybridized carbons (Fsp3) is 0.250. The van der Waals surface area contributed by atoms with E-state index >= 15 is 0 Å². The topological polar surface area (TPSA) is 29.9 Å². The van der Waals surface area contributed by atoms with Crippen LogP contribution in [-0.2, 0) is 12.6 Å². The second kappa shape index (κ2) is 7.03. The normalized spacial score (nSPS) is 14.4. The molecule has 1 aliphatic heterocycles. The Morgan fingerprint density at radius 1 is 1.00 bits per heavy atom. The molecule has 3 nitrogen and oxygen atoms in total. The van der Waals surface area contributed by atoms with Gasteiger partial charge in [0.05, 0.1) is 16.9 Å². The minimum atomic E-state index is -4.43. The Labute approximate surface area is 163 Å². The summed E-state index contributed by atoms with van der Waals surface area (Å²) >= 11 is 3.52. The fourth-order valence-electron chi connectivity index (χ4n) is 3.45. The number of fused-ring (bicyclic) bond motifs is 1.